The first-order chi connectivity index (χ1) is 11.9. The Kier molecular flexibility index (Phi) is 6.49. The minimum atomic E-state index is -0.658. The maximum Gasteiger partial charge on any atom is 0.325 e. The summed E-state index contributed by atoms with van der Waals surface area (Å²) in [5.74, 6) is -0.143. The molecule has 1 fully saturated rings. The van der Waals surface area contributed by atoms with Gasteiger partial charge < -0.3 is 14.2 Å². The molecule has 0 N–H and O–H groups in total. The second kappa shape index (κ2) is 8.39. The van der Waals surface area contributed by atoms with Crippen LogP contribution in [0.1, 0.15) is 12.5 Å². The van der Waals surface area contributed by atoms with Crippen molar-refractivity contribution in [3.05, 3.63) is 27.1 Å². The van der Waals surface area contributed by atoms with E-state index in [-0.39, 0.29) is 4.91 Å². The van der Waals surface area contributed by atoms with Crippen LogP contribution in [0.15, 0.2) is 21.5 Å². The van der Waals surface area contributed by atoms with E-state index in [0.29, 0.717) is 28.1 Å². The van der Waals surface area contributed by atoms with Crippen LogP contribution in [0.25, 0.3) is 6.08 Å². The standard InChI is InChI=1S/C16H16BrNO6S/c1-4-24-14-10(17)5-9(6-11(14)22-2)7-12-15(20)18(16(21)25-12)8-13(19)23-3/h5-7H,4,8H2,1-3H3/b12-7+. The highest BCUT2D eigenvalue weighted by Crippen LogP contribution is 2.39. The van der Waals surface area contributed by atoms with Crippen LogP contribution in [0.4, 0.5) is 4.79 Å². The van der Waals surface area contributed by atoms with Crippen LogP contribution in [0.3, 0.4) is 0 Å². The highest BCUT2D eigenvalue weighted by Gasteiger charge is 2.36. The van der Waals surface area contributed by atoms with Gasteiger partial charge in [-0.15, -0.1) is 0 Å². The number of methoxy groups -OCH3 is 2. The lowest BCUT2D eigenvalue weighted by molar-refractivity contribution is -0.143. The number of esters is 1. The topological polar surface area (TPSA) is 82.1 Å². The lowest BCUT2D eigenvalue weighted by atomic mass is 10.2. The molecule has 0 bridgehead atoms. The molecule has 0 aliphatic carbocycles. The fourth-order valence-electron chi connectivity index (χ4n) is 2.09. The molecule has 134 valence electrons. The SMILES string of the molecule is CCOc1c(Br)cc(/C=C2/SC(=O)N(CC(=O)OC)C2=O)cc1OC. The van der Waals surface area contributed by atoms with E-state index < -0.39 is 23.7 Å². The molecule has 1 aromatic rings. The van der Waals surface area contributed by atoms with Crippen LogP contribution in [0.5, 0.6) is 11.5 Å². The zero-order chi connectivity index (χ0) is 18.6. The molecule has 25 heavy (non-hydrogen) atoms. The monoisotopic (exact) mass is 429 g/mol. The number of hydrogen-bond acceptors (Lipinski definition) is 7. The van der Waals surface area contributed by atoms with E-state index in [4.69, 9.17) is 9.47 Å². The Bertz CT molecular complexity index is 748. The van der Waals surface area contributed by atoms with Gasteiger partial charge in [0.05, 0.1) is 30.2 Å². The molecular weight excluding hydrogens is 414 g/mol. The summed E-state index contributed by atoms with van der Waals surface area (Å²) in [6, 6.07) is 3.45. The first-order valence-electron chi connectivity index (χ1n) is 7.23. The Morgan fingerprint density at radius 1 is 1.32 bits per heavy atom. The molecule has 0 spiro atoms. The summed E-state index contributed by atoms with van der Waals surface area (Å²) in [5, 5.41) is -0.515. The quantitative estimate of drug-likeness (QED) is 0.507. The smallest absolute Gasteiger partial charge is 0.325 e. The Morgan fingerprint density at radius 3 is 2.64 bits per heavy atom. The van der Waals surface area contributed by atoms with Crippen molar-refractivity contribution in [1.29, 1.82) is 0 Å². The number of carbonyl (C=O) groups excluding carboxylic acids is 3. The number of hydrogen-bond donors (Lipinski definition) is 0. The Balaban J connectivity index is 2.31. The molecule has 1 heterocycles. The zero-order valence-corrected chi connectivity index (χ0v) is 16.2. The van der Waals surface area contributed by atoms with E-state index in [2.05, 4.69) is 20.7 Å². The molecule has 0 saturated carbocycles. The van der Waals surface area contributed by atoms with Crippen molar-refractivity contribution in [2.24, 2.45) is 0 Å². The van der Waals surface area contributed by atoms with Gasteiger partial charge in [0.1, 0.15) is 6.54 Å². The van der Waals surface area contributed by atoms with Gasteiger partial charge in [0, 0.05) is 0 Å². The molecule has 2 amide bonds. The molecule has 9 heteroatoms. The normalized spacial score (nSPS) is 15.7. The fraction of sp³-hybridized carbons (Fsp3) is 0.312. The lowest BCUT2D eigenvalue weighted by Gasteiger charge is -2.12. The largest absolute Gasteiger partial charge is 0.493 e. The van der Waals surface area contributed by atoms with Crippen LogP contribution in [-0.4, -0.2) is 49.4 Å². The average Bonchev–Trinajstić information content (AvgIpc) is 2.84. The van der Waals surface area contributed by atoms with Crippen molar-refractivity contribution >= 4 is 50.9 Å². The van der Waals surface area contributed by atoms with Crippen LogP contribution in [0, 0.1) is 0 Å². The number of rotatable bonds is 6. The maximum atomic E-state index is 12.3. The summed E-state index contributed by atoms with van der Waals surface area (Å²) in [5.41, 5.74) is 0.649. The van der Waals surface area contributed by atoms with Gasteiger partial charge >= 0.3 is 5.97 Å². The Hall–Kier alpha value is -2.00. The number of benzene rings is 1. The first kappa shape index (κ1) is 19.3. The van der Waals surface area contributed by atoms with E-state index in [1.807, 2.05) is 6.92 Å². The van der Waals surface area contributed by atoms with Crippen molar-refractivity contribution in [2.45, 2.75) is 6.92 Å². The van der Waals surface area contributed by atoms with Gasteiger partial charge in [0.25, 0.3) is 11.1 Å². The average molecular weight is 430 g/mol. The van der Waals surface area contributed by atoms with E-state index in [1.165, 1.54) is 14.2 Å². The molecule has 1 aliphatic heterocycles. The van der Waals surface area contributed by atoms with Gasteiger partial charge in [-0.05, 0) is 58.4 Å². The third-order valence-electron chi connectivity index (χ3n) is 3.23. The van der Waals surface area contributed by atoms with Crippen molar-refractivity contribution in [2.75, 3.05) is 27.4 Å². The van der Waals surface area contributed by atoms with Crippen molar-refractivity contribution in [3.8, 4) is 11.5 Å². The number of ether oxygens (including phenoxy) is 3. The molecule has 2 rings (SSSR count). The molecule has 0 atom stereocenters. The minimum Gasteiger partial charge on any atom is -0.493 e. The zero-order valence-electron chi connectivity index (χ0n) is 13.8. The first-order valence-corrected chi connectivity index (χ1v) is 8.84. The predicted molar refractivity (Wildman–Crippen MR) is 96.6 cm³/mol. The Labute approximate surface area is 157 Å². The van der Waals surface area contributed by atoms with Gasteiger partial charge in [-0.1, -0.05) is 0 Å². The van der Waals surface area contributed by atoms with Crippen molar-refractivity contribution in [3.63, 3.8) is 0 Å². The molecule has 0 radical (unpaired) electrons. The third kappa shape index (κ3) is 4.35. The number of amides is 2. The number of nitrogens with zero attached hydrogens (tertiary/aromatic N) is 1. The van der Waals surface area contributed by atoms with Crippen LogP contribution < -0.4 is 9.47 Å². The van der Waals surface area contributed by atoms with Gasteiger partial charge in [0.2, 0.25) is 0 Å². The maximum absolute atomic E-state index is 12.3. The summed E-state index contributed by atoms with van der Waals surface area (Å²) in [7, 11) is 2.71. The number of halogens is 1. The van der Waals surface area contributed by atoms with Crippen molar-refractivity contribution < 1.29 is 28.6 Å². The predicted octanol–water partition coefficient (Wildman–Crippen LogP) is 3.07. The lowest BCUT2D eigenvalue weighted by Crippen LogP contribution is -2.34. The second-order valence-electron chi connectivity index (χ2n) is 4.81. The Morgan fingerprint density at radius 2 is 2.04 bits per heavy atom. The highest BCUT2D eigenvalue weighted by molar-refractivity contribution is 9.10. The van der Waals surface area contributed by atoms with Gasteiger partial charge in [0.15, 0.2) is 11.5 Å². The molecule has 1 aliphatic rings. The molecule has 1 saturated heterocycles. The number of thioether (sulfide) groups is 1. The van der Waals surface area contributed by atoms with Crippen LogP contribution in [0.2, 0.25) is 0 Å². The molecule has 7 nitrogen and oxygen atoms in total. The molecule has 0 aromatic heterocycles. The number of carbonyl (C=O) groups is 3. The summed E-state index contributed by atoms with van der Waals surface area (Å²) in [4.78, 5) is 36.6. The molecule has 1 aromatic carbocycles. The van der Waals surface area contributed by atoms with Crippen LogP contribution >= 0.6 is 27.7 Å². The van der Waals surface area contributed by atoms with Crippen LogP contribution in [-0.2, 0) is 14.3 Å². The highest BCUT2D eigenvalue weighted by atomic mass is 79.9. The van der Waals surface area contributed by atoms with E-state index in [9.17, 15) is 14.4 Å². The molecular formula is C16H16BrNO6S. The van der Waals surface area contributed by atoms with Gasteiger partial charge in [-0.2, -0.15) is 0 Å². The third-order valence-corrected chi connectivity index (χ3v) is 4.72. The van der Waals surface area contributed by atoms with E-state index in [1.54, 1.807) is 18.2 Å². The fourth-order valence-corrected chi connectivity index (χ4v) is 3.50. The summed E-state index contributed by atoms with van der Waals surface area (Å²) >= 11 is 4.17. The van der Waals surface area contributed by atoms with E-state index >= 15 is 0 Å². The summed E-state index contributed by atoms with van der Waals surface area (Å²) in [6.45, 7) is 1.92. The minimum absolute atomic E-state index is 0.215. The summed E-state index contributed by atoms with van der Waals surface area (Å²) in [6.07, 6.45) is 1.56. The number of imide groups is 1. The van der Waals surface area contributed by atoms with Gasteiger partial charge in [-0.25, -0.2) is 0 Å². The molecule has 0 unspecified atom stereocenters. The second-order valence-corrected chi connectivity index (χ2v) is 6.66. The van der Waals surface area contributed by atoms with Gasteiger partial charge in [-0.3, -0.25) is 19.3 Å². The van der Waals surface area contributed by atoms with Crippen molar-refractivity contribution in [1.82, 2.24) is 4.90 Å². The summed E-state index contributed by atoms with van der Waals surface area (Å²) < 4.78 is 16.0. The van der Waals surface area contributed by atoms with E-state index in [0.717, 1.165) is 16.7 Å².